The Morgan fingerprint density at radius 3 is 0.689 bits per heavy atom. The van der Waals surface area contributed by atoms with Crippen molar-refractivity contribution in [3.63, 3.8) is 0 Å². The summed E-state index contributed by atoms with van der Waals surface area (Å²) in [6.07, 6.45) is 6.63. The number of Topliss-reactive ketones (excluding diaryl/α,β-unsaturated/α-hetero) is 5. The molecule has 1 aliphatic rings. The highest BCUT2D eigenvalue weighted by Crippen LogP contribution is 2.27. The third kappa shape index (κ3) is 57.3. The molecular formula is C104H200N14O14. The van der Waals surface area contributed by atoms with E-state index in [4.69, 9.17) is 33.9 Å². The second-order valence-electron chi connectivity index (χ2n) is 43.9. The van der Waals surface area contributed by atoms with Crippen molar-refractivity contribution >= 4 is 70.3 Å². The number of nitrogens with zero attached hydrogens (tertiary/aromatic N) is 14. The zero-order chi connectivity index (χ0) is 102. The Morgan fingerprint density at radius 2 is 0.500 bits per heavy atom. The monoisotopic (exact) mass is 1870 g/mol. The fourth-order valence-electron chi connectivity index (χ4n) is 13.4. The Balaban J connectivity index is 0. The fourth-order valence-corrected chi connectivity index (χ4v) is 13.4. The second kappa shape index (κ2) is 66.5. The first-order valence-corrected chi connectivity index (χ1v) is 50.7. The van der Waals surface area contributed by atoms with Crippen LogP contribution in [0.15, 0.2) is 0 Å². The van der Waals surface area contributed by atoms with Crippen molar-refractivity contribution in [2.75, 3.05) is 160 Å². The van der Waals surface area contributed by atoms with Crippen LogP contribution >= 0.6 is 0 Å². The summed E-state index contributed by atoms with van der Waals surface area (Å²) in [7, 11) is 0. The number of aromatic nitrogens is 3. The Labute approximate surface area is 805 Å². The largest absolute Gasteiger partial charge is 0.376 e. The minimum absolute atomic E-state index is 0.0558. The molecule has 0 spiro atoms. The molecule has 0 N–H and O–H groups in total. The number of anilines is 2. The molecule has 0 aliphatic carbocycles. The summed E-state index contributed by atoms with van der Waals surface area (Å²) < 4.78 is 24.1. The SMILES string of the molecule is CC(C)C(=O)CN(CCN(CC(=O)C(C)C)CC(=O)C(C)C)CCN(CC(=O)C(C)C)CC(=O)C(C)C.CC(C)CCN(CC(COC(C)C)OC(C)C)CC(COC(C)C)OC(C)C.CC(C)CCN(CCC(C)C)c1nc(N(CCC(C)C)CCC(C)C)nc(C(C)(C)C)n1.CC(C)N1CC(=O)N(C(C)C)CC(=O)N(C(C)C)CC(=O)N(C(C)C)CC(=O)N(C(C)C)CC1=O. The summed E-state index contributed by atoms with van der Waals surface area (Å²) in [6.45, 7) is 92.7. The van der Waals surface area contributed by atoms with E-state index in [9.17, 15) is 47.9 Å². The normalized spacial score (nSPS) is 14.6. The van der Waals surface area contributed by atoms with Crippen LogP contribution in [0.4, 0.5) is 11.9 Å². The molecule has 5 amide bonds. The van der Waals surface area contributed by atoms with Crippen molar-refractivity contribution in [3.05, 3.63) is 5.82 Å². The molecule has 1 fully saturated rings. The molecule has 132 heavy (non-hydrogen) atoms. The number of carbonyl (C=O) groups is 10. The summed E-state index contributed by atoms with van der Waals surface area (Å²) in [5.74, 6) is 3.94. The van der Waals surface area contributed by atoms with E-state index in [2.05, 4.69) is 160 Å². The van der Waals surface area contributed by atoms with Crippen molar-refractivity contribution in [2.45, 2.75) is 388 Å². The summed E-state index contributed by atoms with van der Waals surface area (Å²) in [4.78, 5) is 164. The van der Waals surface area contributed by atoms with Crippen LogP contribution in [0, 0.1) is 59.2 Å². The maximum atomic E-state index is 13.3. The van der Waals surface area contributed by atoms with E-state index >= 15 is 0 Å². The second-order valence-corrected chi connectivity index (χ2v) is 43.9. The molecule has 1 aliphatic heterocycles. The average molecular weight is 1870 g/mol. The van der Waals surface area contributed by atoms with E-state index in [0.29, 0.717) is 69.0 Å². The van der Waals surface area contributed by atoms with E-state index < -0.39 is 0 Å². The molecule has 2 unspecified atom stereocenters. The molecule has 28 nitrogen and oxygen atoms in total. The molecule has 0 bridgehead atoms. The van der Waals surface area contributed by atoms with E-state index in [-0.39, 0.29) is 226 Å². The quantitative estimate of drug-likeness (QED) is 0.0585. The smallest absolute Gasteiger partial charge is 0.242 e. The molecule has 1 aromatic heterocycles. The molecule has 2 heterocycles. The molecule has 1 saturated heterocycles. The van der Waals surface area contributed by atoms with Crippen molar-refractivity contribution in [2.24, 2.45) is 59.2 Å². The average Bonchev–Trinajstić information content (AvgIpc) is 1.18. The van der Waals surface area contributed by atoms with Gasteiger partial charge in [-0.25, -0.2) is 0 Å². The number of hydrogen-bond donors (Lipinski definition) is 0. The minimum Gasteiger partial charge on any atom is -0.376 e. The number of carbonyl (C=O) groups excluding carboxylic acids is 10. The van der Waals surface area contributed by atoms with E-state index in [1.807, 2.05) is 153 Å². The zero-order valence-electron chi connectivity index (χ0n) is 91.9. The highest BCUT2D eigenvalue weighted by molar-refractivity contribution is 5.94. The molecule has 0 aromatic carbocycles. The van der Waals surface area contributed by atoms with Gasteiger partial charge in [0.15, 0.2) is 0 Å². The van der Waals surface area contributed by atoms with Gasteiger partial charge in [-0.15, -0.1) is 0 Å². The highest BCUT2D eigenvalue weighted by Gasteiger charge is 2.36. The Kier molecular flexibility index (Phi) is 64.5. The maximum Gasteiger partial charge on any atom is 0.242 e. The van der Waals surface area contributed by atoms with Crippen molar-refractivity contribution < 1.29 is 66.9 Å². The van der Waals surface area contributed by atoms with Crippen LogP contribution in [0.25, 0.3) is 0 Å². The number of hydrogen-bond acceptors (Lipinski definition) is 23. The predicted molar refractivity (Wildman–Crippen MR) is 542 cm³/mol. The van der Waals surface area contributed by atoms with Crippen LogP contribution in [0.1, 0.15) is 322 Å². The first kappa shape index (κ1) is 128. The molecular weight excluding hydrogens is 1670 g/mol. The van der Waals surface area contributed by atoms with E-state index in [0.717, 1.165) is 95.6 Å². The maximum absolute atomic E-state index is 13.3. The van der Waals surface area contributed by atoms with Gasteiger partial charge in [-0.3, -0.25) is 67.5 Å². The molecule has 1 aromatic rings. The van der Waals surface area contributed by atoms with Gasteiger partial charge in [-0.1, -0.05) is 159 Å². The molecule has 28 heteroatoms. The lowest BCUT2D eigenvalue weighted by Gasteiger charge is -2.34. The van der Waals surface area contributed by atoms with Gasteiger partial charge >= 0.3 is 0 Å². The van der Waals surface area contributed by atoms with Gasteiger partial charge < -0.3 is 53.2 Å². The molecule has 2 rings (SSSR count). The third-order valence-corrected chi connectivity index (χ3v) is 22.7. The number of rotatable bonds is 57. The Morgan fingerprint density at radius 1 is 0.288 bits per heavy atom. The fraction of sp³-hybridized carbons (Fsp3) is 0.875. The number of ketones is 5. The summed E-state index contributed by atoms with van der Waals surface area (Å²) in [6, 6.07) is -1.40. The van der Waals surface area contributed by atoms with Gasteiger partial charge in [0.1, 0.15) is 67.5 Å². The first-order chi connectivity index (χ1) is 60.9. The lowest BCUT2D eigenvalue weighted by Crippen LogP contribution is -2.54. The van der Waals surface area contributed by atoms with Gasteiger partial charge in [-0.2, -0.15) is 15.0 Å². The topological polar surface area (TPSA) is 282 Å². The summed E-state index contributed by atoms with van der Waals surface area (Å²) in [5, 5.41) is 0. The molecule has 770 valence electrons. The van der Waals surface area contributed by atoms with Crippen LogP contribution < -0.4 is 9.80 Å². The van der Waals surface area contributed by atoms with Crippen LogP contribution in [0.2, 0.25) is 0 Å². The van der Waals surface area contributed by atoms with Gasteiger partial charge in [0.2, 0.25) is 41.4 Å². The minimum atomic E-state index is -0.355. The van der Waals surface area contributed by atoms with Crippen LogP contribution in [0.5, 0.6) is 0 Å². The van der Waals surface area contributed by atoms with Crippen molar-refractivity contribution in [3.8, 4) is 0 Å². The molecule has 2 atom stereocenters. The van der Waals surface area contributed by atoms with E-state index in [1.54, 1.807) is 0 Å². The van der Waals surface area contributed by atoms with Gasteiger partial charge in [0, 0.05) is 131 Å². The van der Waals surface area contributed by atoms with E-state index in [1.165, 1.54) is 24.5 Å². The summed E-state index contributed by atoms with van der Waals surface area (Å²) >= 11 is 0. The Hall–Kier alpha value is -6.01. The third-order valence-electron chi connectivity index (χ3n) is 22.7. The first-order valence-electron chi connectivity index (χ1n) is 50.7. The molecule has 0 radical (unpaired) electrons. The van der Waals surface area contributed by atoms with Crippen LogP contribution in [0.3, 0.4) is 0 Å². The highest BCUT2D eigenvalue weighted by atomic mass is 16.5. The standard InChI is InChI=1S/C29H53N3O5.C27H53N5.C25H45N5O5.C23H49NO4/c1-20(2)25(33)15-30(11-13-31(16-26(34)21(3)4)17-27(35)22(5)6)12-14-32(18-28(36)23(7)8)19-29(37)24(9)10;1-20(2)12-16-31(17-13-21(3)4)25-28-24(27(9,10)11)29-26(30-25)32(18-14-22(5)6)19-15-23(7)8;1-16(2)26-11-22(32)28(18(5)6)13-24(34)30(20(9)10)15-25(35)29(19(7)8)14-23(33)27(17(3)4)12-21(26)31;1-17(2)11-12-24(13-22(27-20(7)8)15-25-18(3)4)14-23(28-21(9)10)16-26-19(5)6/h20-24H,11-19H2,1-10H3;20-23H,12-19H2,1-11H3;16-20H,11-15H2,1-10H3;17-23H,11-16H2,1-10H3. The van der Waals surface area contributed by atoms with Crippen molar-refractivity contribution in [1.82, 2.24) is 59.1 Å². The Bertz CT molecular complexity index is 3080. The van der Waals surface area contributed by atoms with Crippen LogP contribution in [-0.2, 0) is 72.3 Å². The lowest BCUT2D eigenvalue weighted by atomic mass is 9.96. The predicted octanol–water partition coefficient (Wildman–Crippen LogP) is 15.9. The lowest BCUT2D eigenvalue weighted by molar-refractivity contribution is -0.148. The number of amides is 5. The molecule has 0 saturated carbocycles. The number of ether oxygens (including phenoxy) is 4. The van der Waals surface area contributed by atoms with Crippen LogP contribution in [-0.4, -0.2) is 335 Å². The van der Waals surface area contributed by atoms with Gasteiger partial charge in [-0.05, 0) is 193 Å². The van der Waals surface area contributed by atoms with Gasteiger partial charge in [0.05, 0.1) is 82.6 Å². The zero-order valence-corrected chi connectivity index (χ0v) is 91.9. The summed E-state index contributed by atoms with van der Waals surface area (Å²) in [5.41, 5.74) is -0.115. The van der Waals surface area contributed by atoms with Crippen molar-refractivity contribution in [1.29, 1.82) is 0 Å². The van der Waals surface area contributed by atoms with Gasteiger partial charge in [0.25, 0.3) is 0 Å².